The van der Waals surface area contributed by atoms with Crippen LogP contribution in [0.1, 0.15) is 126 Å². The topological polar surface area (TPSA) is 40.5 Å². The maximum Gasteiger partial charge on any atom is 0.0573 e. The van der Waals surface area contributed by atoms with E-state index in [-0.39, 0.29) is 23.0 Å². The van der Waals surface area contributed by atoms with Gasteiger partial charge in [0.15, 0.2) is 0 Å². The Hall–Kier alpha value is -0.0800. The van der Waals surface area contributed by atoms with Crippen molar-refractivity contribution in [3.63, 3.8) is 0 Å². The van der Waals surface area contributed by atoms with Gasteiger partial charge in [0.25, 0.3) is 0 Å². The van der Waals surface area contributed by atoms with Gasteiger partial charge in [-0.2, -0.15) is 0 Å². The molecule has 0 spiro atoms. The molecule has 178 valence electrons. The Morgan fingerprint density at radius 3 is 1.40 bits per heavy atom. The highest BCUT2D eigenvalue weighted by molar-refractivity contribution is 5.01. The zero-order valence-electron chi connectivity index (χ0n) is 21.6. The van der Waals surface area contributed by atoms with Gasteiger partial charge in [-0.25, -0.2) is 0 Å². The lowest BCUT2D eigenvalue weighted by atomic mass is 9.50. The van der Waals surface area contributed by atoms with E-state index in [0.29, 0.717) is 17.3 Å². The van der Waals surface area contributed by atoms with E-state index < -0.39 is 0 Å². The SMILES string of the molecule is CCCCC(CCC)(C1CCC(O)C(C(C)(C)C)C1)C1CCC(O)C(C(C)(C)C)C1. The van der Waals surface area contributed by atoms with Gasteiger partial charge in [0.05, 0.1) is 12.2 Å². The van der Waals surface area contributed by atoms with Gasteiger partial charge in [0.2, 0.25) is 0 Å². The first-order valence-corrected chi connectivity index (χ1v) is 13.2. The van der Waals surface area contributed by atoms with Crippen LogP contribution in [0.3, 0.4) is 0 Å². The molecule has 2 heteroatoms. The summed E-state index contributed by atoms with van der Waals surface area (Å²) in [5, 5.41) is 21.7. The van der Waals surface area contributed by atoms with Crippen molar-refractivity contribution in [2.24, 2.45) is 39.9 Å². The molecule has 30 heavy (non-hydrogen) atoms. The molecule has 0 aromatic carbocycles. The van der Waals surface area contributed by atoms with Crippen LogP contribution < -0.4 is 0 Å². The Bertz CT molecular complexity index is 474. The third kappa shape index (κ3) is 5.83. The molecule has 2 nitrogen and oxygen atoms in total. The number of aliphatic hydroxyl groups is 2. The van der Waals surface area contributed by atoms with Gasteiger partial charge < -0.3 is 10.2 Å². The van der Waals surface area contributed by atoms with Gasteiger partial charge in [-0.05, 0) is 91.3 Å². The molecular formula is C28H54O2. The predicted molar refractivity (Wildman–Crippen MR) is 129 cm³/mol. The molecule has 0 radical (unpaired) electrons. The summed E-state index contributed by atoms with van der Waals surface area (Å²) in [6, 6.07) is 0. The van der Waals surface area contributed by atoms with Crippen molar-refractivity contribution in [1.82, 2.24) is 0 Å². The van der Waals surface area contributed by atoms with Gasteiger partial charge in [-0.3, -0.25) is 0 Å². The fourth-order valence-electron chi connectivity index (χ4n) is 7.46. The third-order valence-electron chi connectivity index (χ3n) is 9.19. The second-order valence-corrected chi connectivity index (χ2v) is 13.2. The summed E-state index contributed by atoms with van der Waals surface area (Å²) in [7, 11) is 0. The minimum absolute atomic E-state index is 0.137. The molecule has 6 unspecified atom stereocenters. The first kappa shape index (κ1) is 26.2. The zero-order valence-corrected chi connectivity index (χ0v) is 21.6. The molecule has 0 aromatic heterocycles. The van der Waals surface area contributed by atoms with E-state index in [2.05, 4.69) is 55.4 Å². The van der Waals surface area contributed by atoms with Crippen molar-refractivity contribution in [3.05, 3.63) is 0 Å². The van der Waals surface area contributed by atoms with Crippen LogP contribution in [0, 0.1) is 39.9 Å². The van der Waals surface area contributed by atoms with Gasteiger partial charge in [0.1, 0.15) is 0 Å². The molecule has 2 N–H and O–H groups in total. The van der Waals surface area contributed by atoms with Crippen LogP contribution in [0.2, 0.25) is 0 Å². The second kappa shape index (κ2) is 10.2. The van der Waals surface area contributed by atoms with Crippen LogP contribution in [0.15, 0.2) is 0 Å². The molecule has 0 aromatic rings. The van der Waals surface area contributed by atoms with E-state index in [1.54, 1.807) is 0 Å². The average molecular weight is 423 g/mol. The van der Waals surface area contributed by atoms with Crippen LogP contribution in [0.5, 0.6) is 0 Å². The lowest BCUT2D eigenvalue weighted by Gasteiger charge is -2.55. The summed E-state index contributed by atoms with van der Waals surface area (Å²) < 4.78 is 0. The largest absolute Gasteiger partial charge is 0.393 e. The molecule has 2 fully saturated rings. The van der Waals surface area contributed by atoms with Crippen molar-refractivity contribution < 1.29 is 10.2 Å². The Morgan fingerprint density at radius 2 is 1.07 bits per heavy atom. The summed E-state index contributed by atoms with van der Waals surface area (Å²) in [4.78, 5) is 0. The monoisotopic (exact) mass is 422 g/mol. The summed E-state index contributed by atoms with van der Waals surface area (Å²) in [6.45, 7) is 18.6. The molecule has 2 saturated carbocycles. The smallest absolute Gasteiger partial charge is 0.0573 e. The normalized spacial score (nSPS) is 35.8. The lowest BCUT2D eigenvalue weighted by Crippen LogP contribution is -2.49. The first-order valence-electron chi connectivity index (χ1n) is 13.2. The Balaban J connectivity index is 2.40. The van der Waals surface area contributed by atoms with Gasteiger partial charge in [0, 0.05) is 0 Å². The average Bonchev–Trinajstić information content (AvgIpc) is 2.64. The Morgan fingerprint density at radius 1 is 0.633 bits per heavy atom. The lowest BCUT2D eigenvalue weighted by molar-refractivity contribution is -0.0954. The van der Waals surface area contributed by atoms with Crippen LogP contribution in [0.4, 0.5) is 0 Å². The van der Waals surface area contributed by atoms with E-state index in [0.717, 1.165) is 24.7 Å². The molecule has 0 amide bonds. The van der Waals surface area contributed by atoms with Crippen molar-refractivity contribution in [2.45, 2.75) is 138 Å². The molecule has 0 heterocycles. The van der Waals surface area contributed by atoms with Crippen molar-refractivity contribution >= 4 is 0 Å². The van der Waals surface area contributed by atoms with E-state index in [1.165, 1.54) is 57.8 Å². The van der Waals surface area contributed by atoms with E-state index in [1.807, 2.05) is 0 Å². The maximum absolute atomic E-state index is 10.9. The van der Waals surface area contributed by atoms with Crippen molar-refractivity contribution in [3.8, 4) is 0 Å². The summed E-state index contributed by atoms with van der Waals surface area (Å²) >= 11 is 0. The Labute approximate surface area is 188 Å². The number of hydrogen-bond donors (Lipinski definition) is 2. The van der Waals surface area contributed by atoms with E-state index in [4.69, 9.17) is 0 Å². The van der Waals surface area contributed by atoms with Gasteiger partial charge in [-0.15, -0.1) is 0 Å². The molecule has 0 bridgehead atoms. The number of aliphatic hydroxyl groups excluding tert-OH is 2. The predicted octanol–water partition coefficient (Wildman–Crippen LogP) is 7.61. The third-order valence-corrected chi connectivity index (χ3v) is 9.19. The highest BCUT2D eigenvalue weighted by Gasteiger charge is 2.51. The fourth-order valence-corrected chi connectivity index (χ4v) is 7.46. The molecule has 2 aliphatic carbocycles. The Kier molecular flexibility index (Phi) is 8.93. The number of unbranched alkanes of at least 4 members (excludes halogenated alkanes) is 1. The highest BCUT2D eigenvalue weighted by Crippen LogP contribution is 2.58. The van der Waals surface area contributed by atoms with Crippen LogP contribution in [0.25, 0.3) is 0 Å². The van der Waals surface area contributed by atoms with E-state index >= 15 is 0 Å². The van der Waals surface area contributed by atoms with Gasteiger partial charge >= 0.3 is 0 Å². The molecular weight excluding hydrogens is 368 g/mol. The molecule has 0 aliphatic heterocycles. The summed E-state index contributed by atoms with van der Waals surface area (Å²) in [6.07, 6.45) is 12.9. The van der Waals surface area contributed by atoms with Gasteiger partial charge in [-0.1, -0.05) is 74.7 Å². The molecule has 0 saturated heterocycles. The van der Waals surface area contributed by atoms with Crippen molar-refractivity contribution in [1.29, 1.82) is 0 Å². The quantitative estimate of drug-likeness (QED) is 0.443. The van der Waals surface area contributed by atoms with Crippen LogP contribution >= 0.6 is 0 Å². The molecule has 6 atom stereocenters. The second-order valence-electron chi connectivity index (χ2n) is 13.2. The first-order chi connectivity index (χ1) is 13.9. The minimum Gasteiger partial charge on any atom is -0.393 e. The standard InChI is InChI=1S/C28H54O2/c1-9-11-17-28(16-10-2,20-12-14-24(29)22(18-20)26(3,4)5)21-13-15-25(30)23(19-21)27(6,7)8/h20-25,29-30H,9-19H2,1-8H3. The zero-order chi connectivity index (χ0) is 22.7. The fraction of sp³-hybridized carbons (Fsp3) is 1.00. The maximum atomic E-state index is 10.9. The van der Waals surface area contributed by atoms with Crippen molar-refractivity contribution in [2.75, 3.05) is 0 Å². The number of rotatable bonds is 7. The van der Waals surface area contributed by atoms with Crippen LogP contribution in [-0.2, 0) is 0 Å². The highest BCUT2D eigenvalue weighted by atomic mass is 16.3. The summed E-state index contributed by atoms with van der Waals surface area (Å²) in [5.74, 6) is 2.25. The minimum atomic E-state index is -0.137. The van der Waals surface area contributed by atoms with E-state index in [9.17, 15) is 10.2 Å². The molecule has 2 aliphatic rings. The summed E-state index contributed by atoms with van der Waals surface area (Å²) in [5.41, 5.74) is 0.715. The molecule has 2 rings (SSSR count). The number of hydrogen-bond acceptors (Lipinski definition) is 2. The van der Waals surface area contributed by atoms with Crippen LogP contribution in [-0.4, -0.2) is 22.4 Å².